The fourth-order valence-electron chi connectivity index (χ4n) is 13.4. The molecule has 0 amide bonds. The predicted octanol–water partition coefficient (Wildman–Crippen LogP) is 11.6. The van der Waals surface area contributed by atoms with Crippen LogP contribution in [-0.2, 0) is 10.8 Å². The first-order valence-electron chi connectivity index (χ1n) is 21.7. The highest BCUT2D eigenvalue weighted by molar-refractivity contribution is 6.97. The van der Waals surface area contributed by atoms with Crippen LogP contribution in [0.5, 0.6) is 46.0 Å². The lowest BCUT2D eigenvalue weighted by atomic mass is 9.25. The van der Waals surface area contributed by atoms with Gasteiger partial charge >= 0.3 is 0 Å². The summed E-state index contributed by atoms with van der Waals surface area (Å²) in [5.41, 5.74) is 18.4. The van der Waals surface area contributed by atoms with Crippen molar-refractivity contribution in [1.29, 1.82) is 0 Å². The number of nitrogens with zero attached hydrogens (tertiary/aromatic N) is 2. The molecule has 0 fully saturated rings. The van der Waals surface area contributed by atoms with E-state index in [4.69, 9.17) is 18.9 Å². The first-order chi connectivity index (χ1) is 31.3. The predicted molar refractivity (Wildman–Crippen MR) is 244 cm³/mol. The van der Waals surface area contributed by atoms with Crippen molar-refractivity contribution < 1.29 is 18.9 Å². The van der Waals surface area contributed by atoms with Crippen LogP contribution in [0.15, 0.2) is 176 Å². The average molecular weight is 805 g/mol. The number of fused-ring (bicyclic) bond motifs is 12. The van der Waals surface area contributed by atoms with Crippen molar-refractivity contribution in [2.45, 2.75) is 10.8 Å². The summed E-state index contributed by atoms with van der Waals surface area (Å²) in [4.78, 5) is 4.85. The van der Waals surface area contributed by atoms with Crippen molar-refractivity contribution in [3.05, 3.63) is 220 Å². The third-order valence-corrected chi connectivity index (χ3v) is 15.3. The van der Waals surface area contributed by atoms with Gasteiger partial charge < -0.3 is 18.9 Å². The maximum Gasteiger partial charge on any atom is 0.242 e. The molecule has 0 aromatic heterocycles. The molecular formula is C56H29BN2O4. The molecule has 63 heavy (non-hydrogen) atoms. The molecule has 290 valence electrons. The molecule has 0 radical (unpaired) electrons. The largest absolute Gasteiger partial charge is 0.453 e. The lowest BCUT2D eigenvalue weighted by Gasteiger charge is -2.56. The van der Waals surface area contributed by atoms with Crippen molar-refractivity contribution in [2.75, 3.05) is 9.80 Å². The zero-order chi connectivity index (χ0) is 40.5. The van der Waals surface area contributed by atoms with Gasteiger partial charge in [0.1, 0.15) is 11.4 Å². The Bertz CT molecular complexity index is 3320. The summed E-state index contributed by atoms with van der Waals surface area (Å²) >= 11 is 0. The van der Waals surface area contributed by atoms with Crippen LogP contribution >= 0.6 is 0 Å². The Morgan fingerprint density at radius 2 is 0.540 bits per heavy atom. The minimum Gasteiger partial charge on any atom is -0.453 e. The van der Waals surface area contributed by atoms with E-state index < -0.39 is 10.8 Å². The van der Waals surface area contributed by atoms with Gasteiger partial charge in [0, 0.05) is 0 Å². The molecule has 8 aliphatic rings. The fourth-order valence-corrected chi connectivity index (χ4v) is 13.4. The van der Waals surface area contributed by atoms with Crippen LogP contribution in [0.2, 0.25) is 0 Å². The summed E-state index contributed by atoms with van der Waals surface area (Å²) in [6.45, 7) is -0.0475. The third-order valence-electron chi connectivity index (χ3n) is 15.3. The maximum absolute atomic E-state index is 6.88. The van der Waals surface area contributed by atoms with E-state index in [0.717, 1.165) is 80.1 Å². The Labute approximate surface area is 361 Å². The molecule has 17 rings (SSSR count). The lowest BCUT2D eigenvalue weighted by molar-refractivity contribution is 0.440. The monoisotopic (exact) mass is 804 g/mol. The van der Waals surface area contributed by atoms with Gasteiger partial charge in [0.25, 0.3) is 0 Å². The summed E-state index contributed by atoms with van der Waals surface area (Å²) in [6.07, 6.45) is 0. The minimum absolute atomic E-state index is 0.0475. The molecule has 9 aromatic rings. The SMILES string of the molecule is c1cc2c3c(c1)Oc1cccc4c1N3c1c(cccc1C41c3ccccc3B3c4ccccc4C4(c5cccc1c53)c1cccc3c1N1c5c(cccc5Oc5cccc4c51)O3)O2. The molecule has 0 unspecified atom stereocenters. The van der Waals surface area contributed by atoms with Crippen LogP contribution in [0.1, 0.15) is 44.5 Å². The molecule has 8 heterocycles. The summed E-state index contributed by atoms with van der Waals surface area (Å²) < 4.78 is 27.5. The van der Waals surface area contributed by atoms with Gasteiger partial charge in [-0.3, -0.25) is 9.80 Å². The number of hydrogen-bond acceptors (Lipinski definition) is 6. The quantitative estimate of drug-likeness (QED) is 0.142. The molecule has 8 aliphatic heterocycles. The van der Waals surface area contributed by atoms with Gasteiger partial charge in [-0.1, -0.05) is 144 Å². The molecule has 0 aliphatic carbocycles. The second-order valence-electron chi connectivity index (χ2n) is 17.8. The van der Waals surface area contributed by atoms with E-state index in [-0.39, 0.29) is 6.71 Å². The molecule has 2 spiro atoms. The van der Waals surface area contributed by atoms with Gasteiger partial charge in [0.05, 0.1) is 33.6 Å². The Morgan fingerprint density at radius 3 is 0.905 bits per heavy atom. The Hall–Kier alpha value is -8.16. The van der Waals surface area contributed by atoms with Crippen LogP contribution in [0.3, 0.4) is 0 Å². The van der Waals surface area contributed by atoms with Gasteiger partial charge in [-0.25, -0.2) is 0 Å². The van der Waals surface area contributed by atoms with Gasteiger partial charge in [0.2, 0.25) is 6.71 Å². The highest BCUT2D eigenvalue weighted by Gasteiger charge is 2.61. The number of para-hydroxylation sites is 6. The Morgan fingerprint density at radius 1 is 0.270 bits per heavy atom. The smallest absolute Gasteiger partial charge is 0.242 e. The van der Waals surface area contributed by atoms with Crippen LogP contribution in [0, 0.1) is 0 Å². The second-order valence-corrected chi connectivity index (χ2v) is 17.8. The first-order valence-corrected chi connectivity index (χ1v) is 21.7. The number of anilines is 6. The molecule has 7 heteroatoms. The summed E-state index contributed by atoms with van der Waals surface area (Å²) in [6, 6.07) is 64.3. The van der Waals surface area contributed by atoms with E-state index in [1.54, 1.807) is 0 Å². The molecule has 0 bridgehead atoms. The van der Waals surface area contributed by atoms with Crippen LogP contribution < -0.4 is 45.1 Å². The van der Waals surface area contributed by atoms with E-state index in [2.05, 4.69) is 149 Å². The number of rotatable bonds is 0. The molecular weight excluding hydrogens is 775 g/mol. The Balaban J connectivity index is 1.06. The lowest BCUT2D eigenvalue weighted by Crippen LogP contribution is -2.68. The average Bonchev–Trinajstić information content (AvgIpc) is 3.33. The third kappa shape index (κ3) is 3.22. The minimum atomic E-state index is -0.747. The summed E-state index contributed by atoms with van der Waals surface area (Å²) in [5, 5.41) is 0. The maximum atomic E-state index is 6.88. The Kier molecular flexibility index (Phi) is 5.18. The molecule has 0 saturated heterocycles. The van der Waals surface area contributed by atoms with E-state index in [1.807, 2.05) is 36.4 Å². The summed E-state index contributed by atoms with van der Waals surface area (Å²) in [5.74, 6) is 6.51. The molecule has 0 atom stereocenters. The molecule has 9 aromatic carbocycles. The second kappa shape index (κ2) is 10.3. The van der Waals surface area contributed by atoms with Crippen molar-refractivity contribution in [1.82, 2.24) is 0 Å². The zero-order valence-electron chi connectivity index (χ0n) is 33.3. The molecule has 0 saturated carbocycles. The van der Waals surface area contributed by atoms with Crippen molar-refractivity contribution in [2.24, 2.45) is 0 Å². The van der Waals surface area contributed by atoms with Gasteiger partial charge in [-0.05, 0) is 93.0 Å². The van der Waals surface area contributed by atoms with Gasteiger partial charge in [-0.15, -0.1) is 0 Å². The van der Waals surface area contributed by atoms with Crippen molar-refractivity contribution in [3.8, 4) is 46.0 Å². The topological polar surface area (TPSA) is 43.4 Å². The van der Waals surface area contributed by atoms with Crippen LogP contribution in [-0.4, -0.2) is 6.71 Å². The van der Waals surface area contributed by atoms with E-state index in [0.29, 0.717) is 0 Å². The van der Waals surface area contributed by atoms with Gasteiger partial charge in [0.15, 0.2) is 46.0 Å². The van der Waals surface area contributed by atoms with Gasteiger partial charge in [-0.2, -0.15) is 0 Å². The standard InChI is InChI=1S/C56H29BN2O4/c1-3-20-38-30(12-1)55(34-16-6-22-40-49(34)58-50-35(55)17-7-23-41(50)61-45-27-10-26-44(60-40)53(45)58)32-14-5-15-33-48(32)57(38)39-21-4-2-13-31(39)56(33)36-18-8-24-42-51(36)59-52-37(56)19-9-25-43(52)63-47-29-11-28-46(62-42)54(47)59/h1-29H. The first kappa shape index (κ1) is 31.7. The number of ether oxygens (including phenoxy) is 4. The molecule has 6 nitrogen and oxygen atoms in total. The van der Waals surface area contributed by atoms with E-state index in [1.165, 1.54) is 60.9 Å². The van der Waals surface area contributed by atoms with Crippen LogP contribution in [0.25, 0.3) is 0 Å². The molecule has 0 N–H and O–H groups in total. The highest BCUT2D eigenvalue weighted by atomic mass is 16.5. The zero-order valence-corrected chi connectivity index (χ0v) is 33.3. The number of hydrogen-bond donors (Lipinski definition) is 0. The highest BCUT2D eigenvalue weighted by Crippen LogP contribution is 2.71. The van der Waals surface area contributed by atoms with Crippen molar-refractivity contribution in [3.63, 3.8) is 0 Å². The normalized spacial score (nSPS) is 16.6. The van der Waals surface area contributed by atoms with E-state index >= 15 is 0 Å². The fraction of sp³-hybridized carbons (Fsp3) is 0.0357. The summed E-state index contributed by atoms with van der Waals surface area (Å²) in [7, 11) is 0. The van der Waals surface area contributed by atoms with Crippen molar-refractivity contribution >= 4 is 57.2 Å². The number of benzene rings is 9. The van der Waals surface area contributed by atoms with E-state index in [9.17, 15) is 0 Å². The van der Waals surface area contributed by atoms with Crippen LogP contribution in [0.4, 0.5) is 34.1 Å².